The first-order valence-electron chi connectivity index (χ1n) is 29.7. The van der Waals surface area contributed by atoms with Gasteiger partial charge in [0.25, 0.3) is 0 Å². The molecule has 6 heteroatoms. The van der Waals surface area contributed by atoms with Gasteiger partial charge in [0.05, 0.1) is 6.42 Å². The third-order valence-electron chi connectivity index (χ3n) is 12.2. The van der Waals surface area contributed by atoms with Gasteiger partial charge in [0.1, 0.15) is 13.2 Å². The molecule has 0 saturated carbocycles. The second-order valence-corrected chi connectivity index (χ2v) is 19.2. The van der Waals surface area contributed by atoms with Gasteiger partial charge in [-0.25, -0.2) is 0 Å². The fourth-order valence-corrected chi connectivity index (χ4v) is 7.77. The zero-order valence-corrected chi connectivity index (χ0v) is 47.1. The highest BCUT2D eigenvalue weighted by Gasteiger charge is 2.19. The molecule has 0 aromatic rings. The molecule has 1 unspecified atom stereocenters. The molecule has 0 aliphatic carbocycles. The van der Waals surface area contributed by atoms with E-state index in [4.69, 9.17) is 14.2 Å². The van der Waals surface area contributed by atoms with E-state index in [9.17, 15) is 14.4 Å². The fourth-order valence-electron chi connectivity index (χ4n) is 7.77. The second-order valence-electron chi connectivity index (χ2n) is 19.2. The number of hydrogen-bond donors (Lipinski definition) is 0. The van der Waals surface area contributed by atoms with Crippen molar-refractivity contribution >= 4 is 17.9 Å². The first kappa shape index (κ1) is 68.6. The van der Waals surface area contributed by atoms with E-state index in [0.29, 0.717) is 12.8 Å². The molecule has 0 N–H and O–H groups in total. The van der Waals surface area contributed by atoms with Crippen molar-refractivity contribution in [2.24, 2.45) is 0 Å². The van der Waals surface area contributed by atoms with Gasteiger partial charge in [0.15, 0.2) is 6.10 Å². The highest BCUT2D eigenvalue weighted by Crippen LogP contribution is 2.14. The van der Waals surface area contributed by atoms with Crippen LogP contribution in [0.15, 0.2) is 134 Å². The topological polar surface area (TPSA) is 78.9 Å². The van der Waals surface area contributed by atoms with E-state index in [1.807, 2.05) is 6.08 Å². The number of allylic oxidation sites excluding steroid dienone is 21. The Morgan fingerprint density at radius 2 is 0.589 bits per heavy atom. The molecule has 0 aromatic carbocycles. The third-order valence-corrected chi connectivity index (χ3v) is 12.2. The Kier molecular flexibility index (Phi) is 56.4. The lowest BCUT2D eigenvalue weighted by molar-refractivity contribution is -0.166. The van der Waals surface area contributed by atoms with Crippen LogP contribution in [0.2, 0.25) is 0 Å². The average molecular weight is 1010 g/mol. The van der Waals surface area contributed by atoms with Gasteiger partial charge in [0.2, 0.25) is 0 Å². The quantitative estimate of drug-likeness (QED) is 0.0261. The van der Waals surface area contributed by atoms with Crippen LogP contribution in [0.4, 0.5) is 0 Å². The van der Waals surface area contributed by atoms with Gasteiger partial charge >= 0.3 is 17.9 Å². The van der Waals surface area contributed by atoms with Gasteiger partial charge in [0, 0.05) is 12.8 Å². The summed E-state index contributed by atoms with van der Waals surface area (Å²) in [4.78, 5) is 38.2. The minimum absolute atomic E-state index is 0.118. The molecule has 0 radical (unpaired) electrons. The first-order chi connectivity index (χ1) is 36.0. The Bertz CT molecular complexity index is 1580. The molecule has 0 fully saturated rings. The zero-order chi connectivity index (χ0) is 52.9. The largest absolute Gasteiger partial charge is 0.462 e. The lowest BCUT2D eigenvalue weighted by Crippen LogP contribution is -2.30. The van der Waals surface area contributed by atoms with E-state index < -0.39 is 12.1 Å². The molecule has 0 amide bonds. The average Bonchev–Trinajstić information content (AvgIpc) is 3.39. The molecular weight excluding hydrogens is 901 g/mol. The zero-order valence-electron chi connectivity index (χ0n) is 47.1. The van der Waals surface area contributed by atoms with Gasteiger partial charge in [-0.2, -0.15) is 0 Å². The van der Waals surface area contributed by atoms with Crippen LogP contribution in [0.1, 0.15) is 252 Å². The van der Waals surface area contributed by atoms with Crippen LogP contribution >= 0.6 is 0 Å². The number of carbonyl (C=O) groups excluding carboxylic acids is 3. The van der Waals surface area contributed by atoms with E-state index >= 15 is 0 Å². The molecule has 0 aromatic heterocycles. The first-order valence-corrected chi connectivity index (χ1v) is 29.7. The predicted molar refractivity (Wildman–Crippen MR) is 316 cm³/mol. The van der Waals surface area contributed by atoms with Gasteiger partial charge in [-0.1, -0.05) is 251 Å². The summed E-state index contributed by atoms with van der Waals surface area (Å²) in [5, 5.41) is 0. The number of esters is 3. The van der Waals surface area contributed by atoms with Gasteiger partial charge in [-0.3, -0.25) is 14.4 Å². The fraction of sp³-hybridized carbons (Fsp3) is 0.627. The van der Waals surface area contributed by atoms with E-state index in [1.54, 1.807) is 6.08 Å². The lowest BCUT2D eigenvalue weighted by Gasteiger charge is -2.18. The molecule has 0 saturated heterocycles. The monoisotopic (exact) mass is 1010 g/mol. The maximum atomic E-state index is 12.9. The van der Waals surface area contributed by atoms with Crippen LogP contribution in [0, 0.1) is 0 Å². The molecule has 0 aliphatic heterocycles. The maximum Gasteiger partial charge on any atom is 0.309 e. The Balaban J connectivity index is 4.52. The molecule has 0 spiro atoms. The molecule has 0 aliphatic rings. The van der Waals surface area contributed by atoms with Crippen molar-refractivity contribution in [2.45, 2.75) is 258 Å². The molecule has 6 nitrogen and oxygen atoms in total. The summed E-state index contributed by atoms with van der Waals surface area (Å²) in [6, 6.07) is 0. The van der Waals surface area contributed by atoms with Crippen molar-refractivity contribution in [3.8, 4) is 0 Å². The van der Waals surface area contributed by atoms with Gasteiger partial charge in [-0.15, -0.1) is 0 Å². The Hall–Kier alpha value is -4.45. The van der Waals surface area contributed by atoms with Gasteiger partial charge < -0.3 is 14.2 Å². The van der Waals surface area contributed by atoms with E-state index in [2.05, 4.69) is 142 Å². The van der Waals surface area contributed by atoms with E-state index in [-0.39, 0.29) is 31.6 Å². The Morgan fingerprint density at radius 3 is 0.973 bits per heavy atom. The standard InChI is InChI=1S/C67H108O6/c1-4-7-10-13-16-19-22-25-28-30-32-33-35-36-39-42-45-48-51-54-57-60-66(69)72-63-64(62-71-65(68)59-56-53-50-47-44-41-38-27-24-21-18-15-12-9-6-3)73-67(70)61-58-55-52-49-46-43-40-37-34-31-29-26-23-20-17-14-11-8-5-2/h7,9-10,12,16,18-19,21,25-29,32-33,36,38-39,44,47,53,56,64H,4-6,8,11,13-15,17,20,22-24,30-31,34-35,37,40-43,45-46,48-52,54-55,57-63H2,1-3H3/b10-7-,12-9-,19-16-,21-18-,28-25-,29-26-,33-32-,38-27-,39-36-,47-44-,56-53-. The van der Waals surface area contributed by atoms with Gasteiger partial charge in [-0.05, 0) is 116 Å². The van der Waals surface area contributed by atoms with Crippen molar-refractivity contribution in [1.29, 1.82) is 0 Å². The van der Waals surface area contributed by atoms with Crippen LogP contribution in [-0.2, 0) is 28.6 Å². The third kappa shape index (κ3) is 58.3. The van der Waals surface area contributed by atoms with Crippen molar-refractivity contribution in [1.82, 2.24) is 0 Å². The van der Waals surface area contributed by atoms with Crippen LogP contribution in [0.5, 0.6) is 0 Å². The van der Waals surface area contributed by atoms with Crippen molar-refractivity contribution < 1.29 is 28.6 Å². The van der Waals surface area contributed by atoms with Crippen LogP contribution in [0.25, 0.3) is 0 Å². The minimum Gasteiger partial charge on any atom is -0.462 e. The molecule has 1 atom stereocenters. The van der Waals surface area contributed by atoms with E-state index in [0.717, 1.165) is 122 Å². The minimum atomic E-state index is -0.833. The molecule has 73 heavy (non-hydrogen) atoms. The Morgan fingerprint density at radius 1 is 0.301 bits per heavy atom. The van der Waals surface area contributed by atoms with Crippen LogP contribution in [-0.4, -0.2) is 37.2 Å². The summed E-state index contributed by atoms with van der Waals surface area (Å²) in [5.74, 6) is -1.08. The van der Waals surface area contributed by atoms with Crippen LogP contribution in [0.3, 0.4) is 0 Å². The van der Waals surface area contributed by atoms with Crippen molar-refractivity contribution in [2.75, 3.05) is 13.2 Å². The summed E-state index contributed by atoms with van der Waals surface area (Å²) in [6.07, 6.45) is 84.7. The summed E-state index contributed by atoms with van der Waals surface area (Å²) in [6.45, 7) is 6.30. The Labute approximate surface area is 449 Å². The maximum absolute atomic E-state index is 12.9. The van der Waals surface area contributed by atoms with E-state index in [1.165, 1.54) is 89.9 Å². The normalized spacial score (nSPS) is 13.1. The molecule has 0 bridgehead atoms. The molecule has 412 valence electrons. The molecule has 0 rings (SSSR count). The number of carbonyl (C=O) groups is 3. The summed E-state index contributed by atoms with van der Waals surface area (Å²) >= 11 is 0. The summed E-state index contributed by atoms with van der Waals surface area (Å²) in [5.41, 5.74) is 0. The highest BCUT2D eigenvalue weighted by molar-refractivity contribution is 5.72. The number of unbranched alkanes of at least 4 members (excludes halogenated alkanes) is 20. The summed E-state index contributed by atoms with van der Waals surface area (Å²) in [7, 11) is 0. The SMILES string of the molecule is CC/C=C\C/C=C\C/C=C\C/C=C\C/C=C\CCCCCCCC(=O)OCC(COC(=O)C/C=C\C/C=C\C/C=C\C/C=C\C/C=C\CC)OC(=O)CCCCCCCCCCC/C=C\CCCCCCCC. The molecule has 0 heterocycles. The number of hydrogen-bond acceptors (Lipinski definition) is 6. The van der Waals surface area contributed by atoms with Crippen molar-refractivity contribution in [3.05, 3.63) is 134 Å². The molecular formula is C67H108O6. The highest BCUT2D eigenvalue weighted by atomic mass is 16.6. The number of ether oxygens (including phenoxy) is 3. The predicted octanol–water partition coefficient (Wildman–Crippen LogP) is 20.2. The van der Waals surface area contributed by atoms with Crippen LogP contribution < -0.4 is 0 Å². The second kappa shape index (κ2) is 60.1. The summed E-state index contributed by atoms with van der Waals surface area (Å²) < 4.78 is 16.8. The smallest absolute Gasteiger partial charge is 0.309 e. The lowest BCUT2D eigenvalue weighted by atomic mass is 10.1. The van der Waals surface area contributed by atoms with Crippen molar-refractivity contribution in [3.63, 3.8) is 0 Å². The number of rotatable bonds is 52.